The molecule has 1 aromatic rings. The molecule has 0 radical (unpaired) electrons. The second-order valence-electron chi connectivity index (χ2n) is 9.08. The van der Waals surface area contributed by atoms with Crippen LogP contribution in [0.5, 0.6) is 0 Å². The highest BCUT2D eigenvalue weighted by Gasteiger charge is 2.33. The number of sulfonamides is 1. The molecular weight excluding hydrogens is 432 g/mol. The number of nitro groups is 1. The van der Waals surface area contributed by atoms with Gasteiger partial charge in [0.2, 0.25) is 15.9 Å². The molecule has 1 aromatic carbocycles. The van der Waals surface area contributed by atoms with Gasteiger partial charge >= 0.3 is 0 Å². The fourth-order valence-electron chi connectivity index (χ4n) is 4.63. The fraction of sp³-hybridized carbons (Fsp3) is 0.682. The van der Waals surface area contributed by atoms with Crippen molar-refractivity contribution in [3.8, 4) is 0 Å². The van der Waals surface area contributed by atoms with E-state index in [0.717, 1.165) is 38.0 Å². The molecule has 2 aliphatic heterocycles. The van der Waals surface area contributed by atoms with Gasteiger partial charge in [-0.15, -0.1) is 0 Å². The van der Waals surface area contributed by atoms with Crippen molar-refractivity contribution in [2.24, 2.45) is 11.8 Å². The average molecular weight is 467 g/mol. The quantitative estimate of drug-likeness (QED) is 0.358. The van der Waals surface area contributed by atoms with E-state index in [1.807, 2.05) is 0 Å². The first-order valence-electron chi connectivity index (χ1n) is 11.4. The van der Waals surface area contributed by atoms with Crippen molar-refractivity contribution in [1.29, 1.82) is 0 Å². The maximum absolute atomic E-state index is 13.0. The van der Waals surface area contributed by atoms with Crippen LogP contribution in [0, 0.1) is 28.9 Å². The summed E-state index contributed by atoms with van der Waals surface area (Å²) in [7, 11) is -3.84. The number of aryl methyl sites for hydroxylation is 1. The van der Waals surface area contributed by atoms with Crippen molar-refractivity contribution in [1.82, 2.24) is 14.5 Å². The van der Waals surface area contributed by atoms with Crippen LogP contribution in [-0.4, -0.2) is 67.7 Å². The largest absolute Gasteiger partial charge is 0.356 e. The van der Waals surface area contributed by atoms with Crippen molar-refractivity contribution in [2.75, 3.05) is 39.3 Å². The molecule has 0 aromatic heterocycles. The zero-order valence-electron chi connectivity index (χ0n) is 19.0. The standard InChI is InChI=1S/C22H34N4O5S/c1-17-5-3-11-24(16-17)12-4-10-23-22(27)19-8-13-25(14-9-19)32(30,31)21-15-20(26(28)29)7-6-18(21)2/h6-7,15,17,19H,3-5,8-14,16H2,1-2H3,(H,23,27)/t17-/m1/s1. The van der Waals surface area contributed by atoms with Crippen LogP contribution in [-0.2, 0) is 14.8 Å². The summed E-state index contributed by atoms with van der Waals surface area (Å²) in [5.41, 5.74) is 0.223. The third-order valence-electron chi connectivity index (χ3n) is 6.52. The van der Waals surface area contributed by atoms with Crippen LogP contribution in [0.2, 0.25) is 0 Å². The molecule has 0 aliphatic carbocycles. The maximum Gasteiger partial charge on any atom is 0.270 e. The number of carbonyl (C=O) groups is 1. The molecule has 2 aliphatic rings. The van der Waals surface area contributed by atoms with Crippen molar-refractivity contribution in [3.05, 3.63) is 33.9 Å². The Balaban J connectivity index is 1.47. The summed E-state index contributed by atoms with van der Waals surface area (Å²) in [6.45, 7) is 8.25. The van der Waals surface area contributed by atoms with Crippen molar-refractivity contribution >= 4 is 21.6 Å². The SMILES string of the molecule is Cc1ccc([N+](=O)[O-])cc1S(=O)(=O)N1CCC(C(=O)NCCCN2CCC[C@@H](C)C2)CC1. The summed E-state index contributed by atoms with van der Waals surface area (Å²) in [4.78, 5) is 25.4. The minimum absolute atomic E-state index is 0.0133. The van der Waals surface area contributed by atoms with E-state index in [1.54, 1.807) is 6.92 Å². The lowest BCUT2D eigenvalue weighted by atomic mass is 9.97. The molecule has 10 heteroatoms. The van der Waals surface area contributed by atoms with Crippen molar-refractivity contribution in [3.63, 3.8) is 0 Å². The van der Waals surface area contributed by atoms with Gasteiger partial charge in [-0.2, -0.15) is 4.31 Å². The monoisotopic (exact) mass is 466 g/mol. The molecule has 32 heavy (non-hydrogen) atoms. The van der Waals surface area contributed by atoms with Gasteiger partial charge in [0, 0.05) is 44.2 Å². The number of hydrogen-bond donors (Lipinski definition) is 1. The molecule has 3 rings (SSSR count). The number of nitrogens with zero attached hydrogens (tertiary/aromatic N) is 3. The summed E-state index contributed by atoms with van der Waals surface area (Å²) in [6, 6.07) is 3.87. The van der Waals surface area contributed by atoms with Gasteiger partial charge in [0.05, 0.1) is 9.82 Å². The number of amides is 1. The lowest BCUT2D eigenvalue weighted by Gasteiger charge is -2.31. The highest BCUT2D eigenvalue weighted by molar-refractivity contribution is 7.89. The summed E-state index contributed by atoms with van der Waals surface area (Å²) >= 11 is 0. The predicted octanol–water partition coefficient (Wildman–Crippen LogP) is 2.54. The summed E-state index contributed by atoms with van der Waals surface area (Å²) in [6.07, 6.45) is 4.34. The minimum atomic E-state index is -3.84. The molecule has 0 unspecified atom stereocenters. The van der Waals surface area contributed by atoms with Crippen LogP contribution in [0.15, 0.2) is 23.1 Å². The van der Waals surface area contributed by atoms with Gasteiger partial charge in [-0.1, -0.05) is 13.0 Å². The normalized spacial score (nSPS) is 21.4. The molecule has 1 atom stereocenters. The van der Waals surface area contributed by atoms with E-state index in [0.29, 0.717) is 24.9 Å². The number of carbonyl (C=O) groups excluding carboxylic acids is 1. The Morgan fingerprint density at radius 1 is 1.22 bits per heavy atom. The van der Waals surface area contributed by atoms with Gasteiger partial charge < -0.3 is 10.2 Å². The number of benzene rings is 1. The number of hydrogen-bond acceptors (Lipinski definition) is 6. The van der Waals surface area contributed by atoms with Gasteiger partial charge in [0.1, 0.15) is 0 Å². The molecule has 0 spiro atoms. The molecule has 1 amide bonds. The Morgan fingerprint density at radius 2 is 1.94 bits per heavy atom. The van der Waals surface area contributed by atoms with E-state index in [9.17, 15) is 23.3 Å². The van der Waals surface area contributed by atoms with E-state index in [-0.39, 0.29) is 35.5 Å². The van der Waals surface area contributed by atoms with Crippen molar-refractivity contribution < 1.29 is 18.1 Å². The lowest BCUT2D eigenvalue weighted by Crippen LogP contribution is -2.43. The highest BCUT2D eigenvalue weighted by Crippen LogP contribution is 2.28. The number of non-ortho nitro benzene ring substituents is 1. The Hall–Kier alpha value is -2.04. The summed E-state index contributed by atoms with van der Waals surface area (Å²) < 4.78 is 27.4. The Morgan fingerprint density at radius 3 is 2.59 bits per heavy atom. The van der Waals surface area contributed by atoms with E-state index in [4.69, 9.17) is 0 Å². The molecule has 1 N–H and O–H groups in total. The molecule has 9 nitrogen and oxygen atoms in total. The minimum Gasteiger partial charge on any atom is -0.356 e. The van der Waals surface area contributed by atoms with Crippen LogP contribution >= 0.6 is 0 Å². The maximum atomic E-state index is 13.0. The van der Waals surface area contributed by atoms with Gasteiger partial charge in [-0.3, -0.25) is 14.9 Å². The first-order valence-corrected chi connectivity index (χ1v) is 12.9. The lowest BCUT2D eigenvalue weighted by molar-refractivity contribution is -0.385. The number of nitro benzene ring substituents is 1. The predicted molar refractivity (Wildman–Crippen MR) is 122 cm³/mol. The number of piperidine rings is 2. The van der Waals surface area contributed by atoms with E-state index in [1.165, 1.54) is 29.3 Å². The van der Waals surface area contributed by atoms with Crippen molar-refractivity contribution in [2.45, 2.75) is 50.8 Å². The molecule has 2 fully saturated rings. The van der Waals surface area contributed by atoms with Crippen LogP contribution in [0.25, 0.3) is 0 Å². The first kappa shape index (κ1) is 24.6. The molecule has 2 heterocycles. The van der Waals surface area contributed by atoms with Crippen LogP contribution < -0.4 is 5.32 Å². The zero-order valence-corrected chi connectivity index (χ0v) is 19.8. The third kappa shape index (κ3) is 6.05. The fourth-order valence-corrected chi connectivity index (χ4v) is 6.34. The average Bonchev–Trinajstić information content (AvgIpc) is 2.76. The Labute approximate surface area is 190 Å². The van der Waals surface area contributed by atoms with E-state index >= 15 is 0 Å². The van der Waals surface area contributed by atoms with Gasteiger partial charge in [-0.25, -0.2) is 8.42 Å². The van der Waals surface area contributed by atoms with Gasteiger partial charge in [-0.05, 0) is 63.6 Å². The first-order chi connectivity index (χ1) is 15.2. The van der Waals surface area contributed by atoms with Crippen LogP contribution in [0.1, 0.15) is 44.6 Å². The number of nitrogens with one attached hydrogen (secondary N) is 1. The van der Waals surface area contributed by atoms with Gasteiger partial charge in [0.25, 0.3) is 5.69 Å². The molecular formula is C22H34N4O5S. The molecule has 0 saturated carbocycles. The molecule has 178 valence electrons. The molecule has 2 saturated heterocycles. The zero-order chi connectivity index (χ0) is 23.3. The van der Waals surface area contributed by atoms with Gasteiger partial charge in [0.15, 0.2) is 0 Å². The number of rotatable bonds is 8. The van der Waals surface area contributed by atoms with E-state index < -0.39 is 14.9 Å². The summed E-state index contributed by atoms with van der Waals surface area (Å²) in [5.74, 6) is 0.522. The Bertz CT molecular complexity index is 928. The smallest absolute Gasteiger partial charge is 0.270 e. The molecule has 0 bridgehead atoms. The third-order valence-corrected chi connectivity index (χ3v) is 8.56. The van der Waals surface area contributed by atoms with E-state index in [2.05, 4.69) is 17.1 Å². The van der Waals surface area contributed by atoms with Crippen LogP contribution in [0.3, 0.4) is 0 Å². The number of likely N-dealkylation sites (tertiary alicyclic amines) is 1. The topological polar surface area (TPSA) is 113 Å². The summed E-state index contributed by atoms with van der Waals surface area (Å²) in [5, 5.41) is 14.1. The Kier molecular flexibility index (Phi) is 8.24. The highest BCUT2D eigenvalue weighted by atomic mass is 32.2. The second-order valence-corrected chi connectivity index (χ2v) is 11.0. The van der Waals surface area contributed by atoms with Crippen LogP contribution in [0.4, 0.5) is 5.69 Å². The second kappa shape index (κ2) is 10.7.